The van der Waals surface area contributed by atoms with Gasteiger partial charge in [0, 0.05) is 37.3 Å². The van der Waals surface area contributed by atoms with Gasteiger partial charge in [-0.25, -0.2) is 4.98 Å². The summed E-state index contributed by atoms with van der Waals surface area (Å²) < 4.78 is 5.52. The van der Waals surface area contributed by atoms with Gasteiger partial charge in [0.2, 0.25) is 5.91 Å². The minimum atomic E-state index is -0.0401. The highest BCUT2D eigenvalue weighted by Gasteiger charge is 2.25. The van der Waals surface area contributed by atoms with Crippen LogP contribution in [-0.2, 0) is 4.79 Å². The predicted octanol–water partition coefficient (Wildman–Crippen LogP) is 4.51. The molecular weight excluding hydrogens is 440 g/mol. The molecule has 35 heavy (non-hydrogen) atoms. The number of anilines is 1. The molecule has 0 spiro atoms. The Morgan fingerprint density at radius 1 is 0.971 bits per heavy atom. The number of amides is 2. The number of pyridine rings is 1. The van der Waals surface area contributed by atoms with E-state index in [0.29, 0.717) is 49.7 Å². The number of furan rings is 1. The van der Waals surface area contributed by atoms with Gasteiger partial charge in [-0.15, -0.1) is 0 Å². The van der Waals surface area contributed by atoms with E-state index in [0.717, 1.165) is 27.7 Å². The van der Waals surface area contributed by atoms with Crippen molar-refractivity contribution in [1.82, 2.24) is 14.8 Å². The van der Waals surface area contributed by atoms with Crippen LogP contribution in [0.4, 0.5) is 5.69 Å². The van der Waals surface area contributed by atoms with E-state index in [1.165, 1.54) is 0 Å². The summed E-state index contributed by atoms with van der Waals surface area (Å²) in [6.07, 6.45) is 1.60. The third-order valence-corrected chi connectivity index (χ3v) is 6.63. The van der Waals surface area contributed by atoms with E-state index in [2.05, 4.69) is 15.2 Å². The van der Waals surface area contributed by atoms with Crippen LogP contribution in [-0.4, -0.2) is 59.3 Å². The monoisotopic (exact) mass is 468 g/mol. The average Bonchev–Trinajstić information content (AvgIpc) is 3.41. The van der Waals surface area contributed by atoms with Crippen molar-refractivity contribution >= 4 is 28.4 Å². The van der Waals surface area contributed by atoms with Crippen LogP contribution in [0, 0.1) is 13.8 Å². The summed E-state index contributed by atoms with van der Waals surface area (Å²) in [5, 5.41) is 3.84. The number of fused-ring (bicyclic) bond motifs is 1. The number of aryl methyl sites for hydroxylation is 1. The number of aromatic nitrogens is 1. The summed E-state index contributed by atoms with van der Waals surface area (Å²) >= 11 is 0. The van der Waals surface area contributed by atoms with Gasteiger partial charge in [0.15, 0.2) is 5.76 Å². The Morgan fingerprint density at radius 2 is 1.77 bits per heavy atom. The zero-order valence-electron chi connectivity index (χ0n) is 20.0. The lowest BCUT2D eigenvalue weighted by atomic mass is 10.0. The van der Waals surface area contributed by atoms with Gasteiger partial charge in [-0.3, -0.25) is 14.5 Å². The van der Waals surface area contributed by atoms with E-state index in [4.69, 9.17) is 4.42 Å². The highest BCUT2D eigenvalue weighted by Crippen LogP contribution is 2.26. The molecule has 7 heteroatoms. The SMILES string of the molecule is Cc1cccc(NC(=O)CN2CCN(C(=O)c3cc(-c4ccco4)nc4ccccc34)CC2)c1C. The van der Waals surface area contributed by atoms with E-state index in [-0.39, 0.29) is 11.8 Å². The summed E-state index contributed by atoms with van der Waals surface area (Å²) in [7, 11) is 0. The van der Waals surface area contributed by atoms with Crippen LogP contribution in [0.15, 0.2) is 71.3 Å². The third kappa shape index (κ3) is 4.81. The highest BCUT2D eigenvalue weighted by atomic mass is 16.3. The van der Waals surface area contributed by atoms with Crippen LogP contribution < -0.4 is 5.32 Å². The van der Waals surface area contributed by atoms with Gasteiger partial charge < -0.3 is 14.6 Å². The lowest BCUT2D eigenvalue weighted by Crippen LogP contribution is -2.50. The summed E-state index contributed by atoms with van der Waals surface area (Å²) in [4.78, 5) is 34.8. The molecule has 7 nitrogen and oxygen atoms in total. The van der Waals surface area contributed by atoms with Crippen molar-refractivity contribution in [2.24, 2.45) is 0 Å². The van der Waals surface area contributed by atoms with Crippen molar-refractivity contribution in [2.45, 2.75) is 13.8 Å². The van der Waals surface area contributed by atoms with Gasteiger partial charge >= 0.3 is 0 Å². The lowest BCUT2D eigenvalue weighted by Gasteiger charge is -2.34. The maximum atomic E-state index is 13.5. The van der Waals surface area contributed by atoms with Crippen molar-refractivity contribution in [3.8, 4) is 11.5 Å². The number of benzene rings is 2. The number of hydrogen-bond donors (Lipinski definition) is 1. The molecule has 1 aliphatic rings. The molecule has 2 aromatic carbocycles. The topological polar surface area (TPSA) is 78.7 Å². The molecule has 1 saturated heterocycles. The van der Waals surface area contributed by atoms with Crippen LogP contribution >= 0.6 is 0 Å². The van der Waals surface area contributed by atoms with Gasteiger partial charge in [0.25, 0.3) is 5.91 Å². The Morgan fingerprint density at radius 3 is 2.54 bits per heavy atom. The molecule has 0 unspecified atom stereocenters. The predicted molar refractivity (Wildman–Crippen MR) is 136 cm³/mol. The molecule has 4 aromatic rings. The van der Waals surface area contributed by atoms with Crippen LogP contribution in [0.3, 0.4) is 0 Å². The van der Waals surface area contributed by atoms with Gasteiger partial charge in [0.05, 0.1) is 23.9 Å². The average molecular weight is 469 g/mol. The van der Waals surface area contributed by atoms with Crippen molar-refractivity contribution < 1.29 is 14.0 Å². The zero-order chi connectivity index (χ0) is 24.4. The van der Waals surface area contributed by atoms with Gasteiger partial charge in [0.1, 0.15) is 5.69 Å². The maximum Gasteiger partial charge on any atom is 0.254 e. The number of nitrogens with one attached hydrogen (secondary N) is 1. The molecule has 3 heterocycles. The quantitative estimate of drug-likeness (QED) is 0.466. The number of piperazine rings is 1. The fraction of sp³-hybridized carbons (Fsp3) is 0.250. The third-order valence-electron chi connectivity index (χ3n) is 6.63. The molecule has 1 N–H and O–H groups in total. The number of hydrogen-bond acceptors (Lipinski definition) is 5. The van der Waals surface area contributed by atoms with Crippen LogP contribution in [0.2, 0.25) is 0 Å². The first-order chi connectivity index (χ1) is 17.0. The molecule has 0 atom stereocenters. The number of rotatable bonds is 5. The van der Waals surface area contributed by atoms with E-state index in [1.807, 2.05) is 79.4 Å². The molecule has 178 valence electrons. The molecule has 2 aromatic heterocycles. The maximum absolute atomic E-state index is 13.5. The van der Waals surface area contributed by atoms with Crippen molar-refractivity contribution in [1.29, 1.82) is 0 Å². The summed E-state index contributed by atoms with van der Waals surface area (Å²) in [5.74, 6) is 0.557. The summed E-state index contributed by atoms with van der Waals surface area (Å²) in [6.45, 7) is 6.74. The molecule has 1 fully saturated rings. The largest absolute Gasteiger partial charge is 0.463 e. The number of carbonyl (C=O) groups excluding carboxylic acids is 2. The van der Waals surface area contributed by atoms with Crippen molar-refractivity contribution in [3.05, 3.63) is 83.6 Å². The zero-order valence-corrected chi connectivity index (χ0v) is 20.0. The molecule has 0 radical (unpaired) electrons. The highest BCUT2D eigenvalue weighted by molar-refractivity contribution is 6.07. The Labute approximate surface area is 204 Å². The first-order valence-corrected chi connectivity index (χ1v) is 11.8. The van der Waals surface area contributed by atoms with E-state index >= 15 is 0 Å². The second-order valence-electron chi connectivity index (χ2n) is 8.91. The standard InChI is InChI=1S/C28H28N4O3/c1-19-7-5-10-23(20(19)2)30-27(33)18-31-12-14-32(15-13-31)28(34)22-17-25(26-11-6-16-35-26)29-24-9-4-3-8-21(22)24/h3-11,16-17H,12-15,18H2,1-2H3,(H,30,33). The minimum absolute atomic E-state index is 0.0316. The Hall–Kier alpha value is -3.97. The fourth-order valence-corrected chi connectivity index (χ4v) is 4.46. The second-order valence-corrected chi connectivity index (χ2v) is 8.91. The molecule has 1 aliphatic heterocycles. The Bertz CT molecular complexity index is 1370. The summed E-state index contributed by atoms with van der Waals surface area (Å²) in [5.41, 5.74) is 5.08. The smallest absolute Gasteiger partial charge is 0.254 e. The molecule has 0 aliphatic carbocycles. The van der Waals surface area contributed by atoms with E-state index < -0.39 is 0 Å². The first kappa shape index (κ1) is 22.8. The normalized spacial score (nSPS) is 14.3. The molecule has 0 saturated carbocycles. The number of nitrogens with zero attached hydrogens (tertiary/aromatic N) is 3. The first-order valence-electron chi connectivity index (χ1n) is 11.8. The van der Waals surface area contributed by atoms with E-state index in [1.54, 1.807) is 6.26 Å². The molecule has 5 rings (SSSR count). The Balaban J connectivity index is 1.26. The van der Waals surface area contributed by atoms with Crippen LogP contribution in [0.1, 0.15) is 21.5 Å². The van der Waals surface area contributed by atoms with Gasteiger partial charge in [-0.2, -0.15) is 0 Å². The Kier molecular flexibility index (Phi) is 6.33. The minimum Gasteiger partial charge on any atom is -0.463 e. The number of carbonyl (C=O) groups is 2. The molecular formula is C28H28N4O3. The van der Waals surface area contributed by atoms with Gasteiger partial charge in [-0.1, -0.05) is 30.3 Å². The second kappa shape index (κ2) is 9.72. The number of para-hydroxylation sites is 1. The van der Waals surface area contributed by atoms with Gasteiger partial charge in [-0.05, 0) is 55.3 Å². The summed E-state index contributed by atoms with van der Waals surface area (Å²) in [6, 6.07) is 19.0. The van der Waals surface area contributed by atoms with Crippen molar-refractivity contribution in [2.75, 3.05) is 38.0 Å². The lowest BCUT2D eigenvalue weighted by molar-refractivity contribution is -0.117. The van der Waals surface area contributed by atoms with Crippen molar-refractivity contribution in [3.63, 3.8) is 0 Å². The van der Waals surface area contributed by atoms with E-state index in [9.17, 15) is 9.59 Å². The molecule has 2 amide bonds. The molecule has 0 bridgehead atoms. The van der Waals surface area contributed by atoms with Crippen LogP contribution in [0.5, 0.6) is 0 Å². The fourth-order valence-electron chi connectivity index (χ4n) is 4.46. The van der Waals surface area contributed by atoms with Crippen LogP contribution in [0.25, 0.3) is 22.4 Å².